The van der Waals surface area contributed by atoms with Gasteiger partial charge in [0.25, 0.3) is 0 Å². The van der Waals surface area contributed by atoms with Gasteiger partial charge in [0.15, 0.2) is 5.43 Å². The number of hydrogen-bond donors (Lipinski definition) is 0. The van der Waals surface area contributed by atoms with Crippen LogP contribution in [0.2, 0.25) is 0 Å². The fraction of sp³-hybridized carbons (Fsp3) is 0. The fourth-order valence-corrected chi connectivity index (χ4v) is 4.23. The van der Waals surface area contributed by atoms with Gasteiger partial charge in [0.05, 0.1) is 16.4 Å². The molecular formula is C27H17NO2. The Hall–Kier alpha value is -4.11. The van der Waals surface area contributed by atoms with Gasteiger partial charge in [0, 0.05) is 34.2 Å². The number of para-hydroxylation sites is 2. The Morgan fingerprint density at radius 3 is 1.93 bits per heavy atom. The maximum atomic E-state index is 12.7. The van der Waals surface area contributed by atoms with Gasteiger partial charge in [0.2, 0.25) is 0 Å². The molecule has 0 aliphatic carbocycles. The first kappa shape index (κ1) is 16.8. The van der Waals surface area contributed by atoms with Crippen molar-refractivity contribution in [2.24, 2.45) is 0 Å². The Morgan fingerprint density at radius 2 is 1.23 bits per heavy atom. The Balaban J connectivity index is 1.65. The number of aromatic nitrogens is 1. The minimum atomic E-state index is -0.0381. The van der Waals surface area contributed by atoms with E-state index in [1.165, 1.54) is 10.8 Å². The van der Waals surface area contributed by atoms with Gasteiger partial charge < -0.3 is 8.98 Å². The molecule has 4 aromatic carbocycles. The second-order valence-electron chi connectivity index (χ2n) is 7.39. The van der Waals surface area contributed by atoms with E-state index in [4.69, 9.17) is 4.42 Å². The van der Waals surface area contributed by atoms with Crippen molar-refractivity contribution in [2.45, 2.75) is 0 Å². The highest BCUT2D eigenvalue weighted by Gasteiger charge is 2.13. The van der Waals surface area contributed by atoms with Crippen molar-refractivity contribution in [3.05, 3.63) is 113 Å². The van der Waals surface area contributed by atoms with Crippen LogP contribution in [0.3, 0.4) is 0 Å². The van der Waals surface area contributed by atoms with Crippen molar-refractivity contribution in [1.82, 2.24) is 4.57 Å². The van der Waals surface area contributed by atoms with Crippen LogP contribution in [-0.4, -0.2) is 4.57 Å². The van der Waals surface area contributed by atoms with Crippen LogP contribution in [0, 0.1) is 0 Å². The first-order chi connectivity index (χ1) is 14.8. The van der Waals surface area contributed by atoms with Crippen LogP contribution < -0.4 is 5.43 Å². The maximum absolute atomic E-state index is 12.7. The standard InChI is InChI=1S/C27H17NO2/c29-25-17-26(18-8-2-1-3-9-18)30-27-16-19(14-15-22(25)27)28-23-12-6-4-10-20(23)21-11-5-7-13-24(21)28/h1-17H. The molecule has 0 radical (unpaired) electrons. The summed E-state index contributed by atoms with van der Waals surface area (Å²) >= 11 is 0. The van der Waals surface area contributed by atoms with Gasteiger partial charge in [0.1, 0.15) is 11.3 Å². The first-order valence-electron chi connectivity index (χ1n) is 9.91. The molecule has 0 spiro atoms. The third kappa shape index (κ3) is 2.49. The minimum Gasteiger partial charge on any atom is -0.456 e. The lowest BCUT2D eigenvalue weighted by molar-refractivity contribution is 0.618. The third-order valence-electron chi connectivity index (χ3n) is 5.61. The van der Waals surface area contributed by atoms with Gasteiger partial charge in [-0.1, -0.05) is 66.7 Å². The fourth-order valence-electron chi connectivity index (χ4n) is 4.23. The van der Waals surface area contributed by atoms with E-state index in [0.717, 1.165) is 22.3 Å². The van der Waals surface area contributed by atoms with E-state index in [9.17, 15) is 4.79 Å². The van der Waals surface area contributed by atoms with Crippen LogP contribution in [0.1, 0.15) is 0 Å². The van der Waals surface area contributed by atoms with Crippen molar-refractivity contribution in [3.63, 3.8) is 0 Å². The van der Waals surface area contributed by atoms with Gasteiger partial charge in [-0.25, -0.2) is 0 Å². The number of nitrogens with zero attached hydrogens (tertiary/aromatic N) is 1. The Kier molecular flexibility index (Phi) is 3.62. The molecule has 2 heterocycles. The molecule has 0 saturated heterocycles. The summed E-state index contributed by atoms with van der Waals surface area (Å²) in [5.74, 6) is 0.576. The predicted molar refractivity (Wildman–Crippen MR) is 122 cm³/mol. The quantitative estimate of drug-likeness (QED) is 0.337. The molecule has 0 saturated carbocycles. The molecule has 0 aliphatic rings. The van der Waals surface area contributed by atoms with Crippen LogP contribution in [-0.2, 0) is 0 Å². The molecule has 6 rings (SSSR count). The number of benzene rings is 4. The highest BCUT2D eigenvalue weighted by atomic mass is 16.3. The van der Waals surface area contributed by atoms with E-state index >= 15 is 0 Å². The van der Waals surface area contributed by atoms with Crippen molar-refractivity contribution < 1.29 is 4.42 Å². The van der Waals surface area contributed by atoms with Crippen molar-refractivity contribution in [2.75, 3.05) is 0 Å². The lowest BCUT2D eigenvalue weighted by atomic mass is 10.1. The molecule has 142 valence electrons. The van der Waals surface area contributed by atoms with Gasteiger partial charge in [-0.3, -0.25) is 4.79 Å². The molecule has 0 fully saturated rings. The summed E-state index contributed by atoms with van der Waals surface area (Å²) in [7, 11) is 0. The van der Waals surface area contributed by atoms with Gasteiger partial charge >= 0.3 is 0 Å². The molecule has 0 atom stereocenters. The second kappa shape index (κ2) is 6.46. The largest absolute Gasteiger partial charge is 0.456 e. The Bertz CT molecular complexity index is 1550. The topological polar surface area (TPSA) is 35.1 Å². The van der Waals surface area contributed by atoms with E-state index in [2.05, 4.69) is 41.0 Å². The molecule has 0 unspecified atom stereocenters. The normalized spacial score (nSPS) is 11.5. The summed E-state index contributed by atoms with van der Waals surface area (Å²) < 4.78 is 8.40. The van der Waals surface area contributed by atoms with Crippen molar-refractivity contribution in [3.8, 4) is 17.0 Å². The van der Waals surface area contributed by atoms with Crippen molar-refractivity contribution in [1.29, 1.82) is 0 Å². The lowest BCUT2D eigenvalue weighted by Crippen LogP contribution is -2.01. The molecule has 0 aliphatic heterocycles. The summed E-state index contributed by atoms with van der Waals surface area (Å²) in [5, 5.41) is 2.99. The molecule has 3 nitrogen and oxygen atoms in total. The highest BCUT2D eigenvalue weighted by molar-refractivity contribution is 6.09. The summed E-state index contributed by atoms with van der Waals surface area (Å²) in [6.07, 6.45) is 0. The number of rotatable bonds is 2. The van der Waals surface area contributed by atoms with E-state index in [0.29, 0.717) is 16.7 Å². The van der Waals surface area contributed by atoms with Gasteiger partial charge in [-0.05, 0) is 24.3 Å². The van der Waals surface area contributed by atoms with Crippen LogP contribution in [0.15, 0.2) is 112 Å². The average Bonchev–Trinajstić information content (AvgIpc) is 3.14. The number of hydrogen-bond acceptors (Lipinski definition) is 2. The Labute approximate surface area is 172 Å². The first-order valence-corrected chi connectivity index (χ1v) is 9.91. The van der Waals surface area contributed by atoms with Crippen molar-refractivity contribution >= 4 is 32.8 Å². The van der Waals surface area contributed by atoms with Crippen LogP contribution in [0.25, 0.3) is 49.8 Å². The molecule has 0 amide bonds. The summed E-state index contributed by atoms with van der Waals surface area (Å²) in [4.78, 5) is 12.7. The second-order valence-corrected chi connectivity index (χ2v) is 7.39. The molecule has 2 aromatic heterocycles. The zero-order chi connectivity index (χ0) is 20.1. The van der Waals surface area contributed by atoms with E-state index < -0.39 is 0 Å². The number of fused-ring (bicyclic) bond motifs is 4. The molecule has 0 bridgehead atoms. The monoisotopic (exact) mass is 387 g/mol. The Morgan fingerprint density at radius 1 is 0.600 bits per heavy atom. The third-order valence-corrected chi connectivity index (χ3v) is 5.61. The molecular weight excluding hydrogens is 370 g/mol. The summed E-state index contributed by atoms with van der Waals surface area (Å²) in [6.45, 7) is 0. The van der Waals surface area contributed by atoms with Crippen LogP contribution >= 0.6 is 0 Å². The lowest BCUT2D eigenvalue weighted by Gasteiger charge is -2.09. The predicted octanol–water partition coefficient (Wildman–Crippen LogP) is 6.56. The van der Waals surface area contributed by atoms with E-state index in [-0.39, 0.29) is 5.43 Å². The molecule has 3 heteroatoms. The summed E-state index contributed by atoms with van der Waals surface area (Å²) in [6, 6.07) is 33.8. The highest BCUT2D eigenvalue weighted by Crippen LogP contribution is 2.33. The van der Waals surface area contributed by atoms with Gasteiger partial charge in [-0.15, -0.1) is 0 Å². The zero-order valence-corrected chi connectivity index (χ0v) is 16.1. The van der Waals surface area contributed by atoms with E-state index in [1.54, 1.807) is 6.07 Å². The minimum absolute atomic E-state index is 0.0381. The van der Waals surface area contributed by atoms with Crippen LogP contribution in [0.5, 0.6) is 0 Å². The molecule has 0 N–H and O–H groups in total. The SMILES string of the molecule is O=c1cc(-c2ccccc2)oc2cc(-n3c4ccccc4c4ccccc43)ccc12. The summed E-state index contributed by atoms with van der Waals surface area (Å²) in [5.41, 5.74) is 4.65. The average molecular weight is 387 g/mol. The van der Waals surface area contributed by atoms with Crippen LogP contribution in [0.4, 0.5) is 0 Å². The molecule has 30 heavy (non-hydrogen) atoms. The molecule has 6 aromatic rings. The smallest absolute Gasteiger partial charge is 0.193 e. The zero-order valence-electron chi connectivity index (χ0n) is 16.1. The van der Waals surface area contributed by atoms with Gasteiger partial charge in [-0.2, -0.15) is 0 Å². The maximum Gasteiger partial charge on any atom is 0.193 e. The van der Waals surface area contributed by atoms with E-state index in [1.807, 2.05) is 60.7 Å².